The van der Waals surface area contributed by atoms with Gasteiger partial charge >= 0.3 is 0 Å². The van der Waals surface area contributed by atoms with Gasteiger partial charge in [-0.05, 0) is 46.2 Å². The zero-order valence-electron chi connectivity index (χ0n) is 42.4. The third-order valence-corrected chi connectivity index (χ3v) is 29.4. The molecule has 4 atom stereocenters. The van der Waals surface area contributed by atoms with Crippen molar-refractivity contribution in [1.82, 2.24) is 19.5 Å². The summed E-state index contributed by atoms with van der Waals surface area (Å²) in [7, 11) is -10.0. The average molecular weight is 998 g/mol. The van der Waals surface area contributed by atoms with Crippen molar-refractivity contribution < 1.29 is 18.0 Å². The van der Waals surface area contributed by atoms with E-state index in [1.807, 2.05) is 4.57 Å². The van der Waals surface area contributed by atoms with Crippen LogP contribution in [-0.4, -0.2) is 69.4 Å². The number of aromatic amines is 1. The van der Waals surface area contributed by atoms with Crippen molar-refractivity contribution in [3.63, 3.8) is 0 Å². The van der Waals surface area contributed by atoms with Gasteiger partial charge in [0, 0.05) is 0 Å². The van der Waals surface area contributed by atoms with Crippen LogP contribution < -0.4 is 42.4 Å². The van der Waals surface area contributed by atoms with Gasteiger partial charge in [0.25, 0.3) is 30.5 Å². The van der Waals surface area contributed by atoms with E-state index in [1.165, 1.54) is 0 Å². The van der Waals surface area contributed by atoms with E-state index in [4.69, 9.17) is 28.7 Å². The lowest BCUT2D eigenvalue weighted by molar-refractivity contribution is -0.0461. The molecular weight excluding hydrogens is 931 g/mol. The molecular formula is C58H67N5O5Si3. The summed E-state index contributed by atoms with van der Waals surface area (Å²) in [5.74, 6) is -0.0293. The van der Waals surface area contributed by atoms with E-state index in [-0.39, 0.29) is 28.8 Å². The Labute approximate surface area is 421 Å². The van der Waals surface area contributed by atoms with Crippen LogP contribution in [0.1, 0.15) is 68.5 Å². The SMILES string of the molecule is CC(C)(C)[Si](OC[C@H]1O[C@@H](n2cnc3c(=O)[nH]c(N)nc32)[C@H](O[Si](c2ccccc2)(c2ccccc2)C(C)(C)C)C1O[Si](c1ccccc1)(c1ccccc1)C(C)(C)C)(c1ccccc1)c1ccccc1. The molecule has 13 heteroatoms. The molecule has 6 aromatic carbocycles. The number of ether oxygens (including phenoxy) is 1. The first kappa shape index (κ1) is 49.9. The Bertz CT molecular complexity index is 2970. The molecule has 1 unspecified atom stereocenters. The fourth-order valence-electron chi connectivity index (χ4n) is 11.2. The zero-order chi connectivity index (χ0) is 50.2. The van der Waals surface area contributed by atoms with Crippen molar-refractivity contribution >= 4 is 73.2 Å². The third kappa shape index (κ3) is 8.92. The second kappa shape index (κ2) is 19.5. The van der Waals surface area contributed by atoms with Crippen LogP contribution in [0.3, 0.4) is 0 Å². The largest absolute Gasteiger partial charge is 0.405 e. The van der Waals surface area contributed by atoms with E-state index in [0.29, 0.717) is 0 Å². The topological polar surface area (TPSA) is 127 Å². The van der Waals surface area contributed by atoms with Gasteiger partial charge in [-0.2, -0.15) is 4.98 Å². The first-order valence-electron chi connectivity index (χ1n) is 24.6. The lowest BCUT2D eigenvalue weighted by atomic mass is 10.1. The van der Waals surface area contributed by atoms with E-state index in [0.717, 1.165) is 31.1 Å². The monoisotopic (exact) mass is 997 g/mol. The fraction of sp³-hybridized carbons (Fsp3) is 0.293. The van der Waals surface area contributed by atoms with Crippen LogP contribution in [0.2, 0.25) is 15.1 Å². The Balaban J connectivity index is 1.35. The molecule has 0 amide bonds. The van der Waals surface area contributed by atoms with Crippen LogP contribution in [0.15, 0.2) is 193 Å². The number of nitrogens with two attached hydrogens (primary N) is 1. The minimum absolute atomic E-state index is 0.0293. The van der Waals surface area contributed by atoms with Crippen molar-refractivity contribution in [2.24, 2.45) is 0 Å². The summed E-state index contributed by atoms with van der Waals surface area (Å²) in [5, 5.41) is 5.53. The van der Waals surface area contributed by atoms with Crippen LogP contribution in [0, 0.1) is 0 Å². The number of hydrogen-bond acceptors (Lipinski definition) is 8. The second-order valence-corrected chi connectivity index (χ2v) is 34.6. The molecule has 0 spiro atoms. The van der Waals surface area contributed by atoms with Gasteiger partial charge in [0.05, 0.1) is 12.9 Å². The van der Waals surface area contributed by atoms with Gasteiger partial charge in [-0.1, -0.05) is 244 Å². The van der Waals surface area contributed by atoms with Crippen molar-refractivity contribution in [1.29, 1.82) is 0 Å². The maximum absolute atomic E-state index is 13.6. The third-order valence-electron chi connectivity index (χ3n) is 14.4. The van der Waals surface area contributed by atoms with E-state index in [1.54, 1.807) is 6.33 Å². The number of rotatable bonds is 14. The van der Waals surface area contributed by atoms with Crippen molar-refractivity contribution in [3.05, 3.63) is 199 Å². The number of nitrogen functional groups attached to an aromatic ring is 1. The predicted octanol–water partition coefficient (Wildman–Crippen LogP) is 8.07. The Morgan fingerprint density at radius 3 is 1.23 bits per heavy atom. The van der Waals surface area contributed by atoms with E-state index in [9.17, 15) is 4.79 Å². The fourth-order valence-corrected chi connectivity index (χ4v) is 25.2. The lowest BCUT2D eigenvalue weighted by Crippen LogP contribution is -2.72. The zero-order valence-corrected chi connectivity index (χ0v) is 45.4. The smallest absolute Gasteiger partial charge is 0.280 e. The molecule has 71 heavy (non-hydrogen) atoms. The minimum atomic E-state index is -3.43. The van der Waals surface area contributed by atoms with Gasteiger partial charge in [0.2, 0.25) is 5.95 Å². The molecule has 8 aromatic rings. The number of nitrogens with zero attached hydrogens (tertiary/aromatic N) is 3. The molecule has 1 saturated heterocycles. The minimum Gasteiger partial charge on any atom is -0.405 e. The summed E-state index contributed by atoms with van der Waals surface area (Å²) >= 11 is 0. The molecule has 2 aromatic heterocycles. The maximum atomic E-state index is 13.6. The van der Waals surface area contributed by atoms with Crippen molar-refractivity contribution in [2.45, 2.75) is 102 Å². The van der Waals surface area contributed by atoms with Gasteiger partial charge in [-0.15, -0.1) is 0 Å². The van der Waals surface area contributed by atoms with Crippen LogP contribution in [-0.2, 0) is 18.0 Å². The van der Waals surface area contributed by atoms with Gasteiger partial charge in [0.1, 0.15) is 18.3 Å². The van der Waals surface area contributed by atoms with E-state index >= 15 is 0 Å². The first-order chi connectivity index (χ1) is 33.9. The molecule has 3 heterocycles. The molecule has 0 saturated carbocycles. The highest BCUT2D eigenvalue weighted by Gasteiger charge is 2.62. The summed E-state index contributed by atoms with van der Waals surface area (Å²) in [6.07, 6.45) is -1.64. The molecule has 10 nitrogen and oxygen atoms in total. The Hall–Kier alpha value is -6.04. The number of imidazole rings is 1. The number of benzene rings is 6. The summed E-state index contributed by atoms with van der Waals surface area (Å²) < 4.78 is 34.2. The van der Waals surface area contributed by atoms with Gasteiger partial charge in [-0.25, -0.2) is 4.98 Å². The average Bonchev–Trinajstić information content (AvgIpc) is 3.93. The van der Waals surface area contributed by atoms with Crippen LogP contribution >= 0.6 is 0 Å². The Morgan fingerprint density at radius 2 is 0.873 bits per heavy atom. The molecule has 0 aliphatic carbocycles. The first-order valence-corrected chi connectivity index (χ1v) is 30.4. The molecule has 0 radical (unpaired) electrons. The van der Waals surface area contributed by atoms with Crippen LogP contribution in [0.25, 0.3) is 11.2 Å². The van der Waals surface area contributed by atoms with E-state index < -0.39 is 65.1 Å². The number of anilines is 1. The number of aromatic nitrogens is 4. The molecule has 366 valence electrons. The standard InChI is InChI=1S/C58H67N5O5Si3/c1-56(2,3)69(42-28-16-10-17-29-42,43-30-18-11-19-31-43)65-40-48-50(67-70(57(4,5)6,44-32-20-12-21-33-44)45-34-22-13-23-35-45)51(54(66-48)63-41-60-49-52(63)61-55(59)62-53(49)64)68-71(58(7,8)9,46-36-24-14-25-37-46)47-38-26-15-27-39-47/h10-39,41,48,50-51,54H,40H2,1-9H3,(H3,59,61,62,64)/t48-,50?,51-,54-/m1/s1. The van der Waals surface area contributed by atoms with Crippen molar-refractivity contribution in [3.8, 4) is 0 Å². The normalized spacial score (nSPS) is 18.2. The summed E-state index contributed by atoms with van der Waals surface area (Å²) in [5.41, 5.74) is 6.33. The quantitative estimate of drug-likeness (QED) is 0.105. The van der Waals surface area contributed by atoms with E-state index in [2.05, 4.69) is 254 Å². The number of nitrogens with one attached hydrogen (secondary N) is 1. The Morgan fingerprint density at radius 1 is 0.535 bits per heavy atom. The molecule has 3 N–H and O–H groups in total. The summed E-state index contributed by atoms with van der Waals surface area (Å²) in [6.45, 7) is 20.7. The number of H-pyrrole nitrogens is 1. The molecule has 1 fully saturated rings. The van der Waals surface area contributed by atoms with Gasteiger partial charge in [-0.3, -0.25) is 14.3 Å². The summed E-state index contributed by atoms with van der Waals surface area (Å²) in [6, 6.07) is 64.0. The number of hydrogen-bond donors (Lipinski definition) is 2. The highest BCUT2D eigenvalue weighted by Crippen LogP contribution is 2.47. The maximum Gasteiger partial charge on any atom is 0.280 e. The second-order valence-electron chi connectivity index (χ2n) is 21.8. The van der Waals surface area contributed by atoms with Gasteiger partial charge in [0.15, 0.2) is 17.4 Å². The molecule has 9 rings (SSSR count). The Kier molecular flexibility index (Phi) is 13.7. The van der Waals surface area contributed by atoms with Crippen LogP contribution in [0.4, 0.5) is 5.95 Å². The lowest BCUT2D eigenvalue weighted by Gasteiger charge is -2.49. The van der Waals surface area contributed by atoms with Crippen LogP contribution in [0.5, 0.6) is 0 Å². The molecule has 1 aliphatic heterocycles. The number of fused-ring (bicyclic) bond motifs is 1. The van der Waals surface area contributed by atoms with Crippen molar-refractivity contribution in [2.75, 3.05) is 12.3 Å². The molecule has 1 aliphatic rings. The molecule has 0 bridgehead atoms. The van der Waals surface area contributed by atoms with Gasteiger partial charge < -0.3 is 23.7 Å². The summed E-state index contributed by atoms with van der Waals surface area (Å²) in [4.78, 5) is 25.7. The predicted molar refractivity (Wildman–Crippen MR) is 295 cm³/mol. The highest BCUT2D eigenvalue weighted by molar-refractivity contribution is 7.01. The highest BCUT2D eigenvalue weighted by atomic mass is 28.4.